The van der Waals surface area contributed by atoms with Gasteiger partial charge >= 0.3 is 0 Å². The van der Waals surface area contributed by atoms with Crippen LogP contribution in [0, 0.1) is 0 Å². The Balaban J connectivity index is 0.00000162. The summed E-state index contributed by atoms with van der Waals surface area (Å²) in [7, 11) is 3.24. The quantitative estimate of drug-likeness (QED) is 0.938. The SMILES string of the molecule is COc1ccc([C@H](N)c2ccsc2)cc1OC.Cl. The van der Waals surface area contributed by atoms with E-state index in [9.17, 15) is 0 Å². The summed E-state index contributed by atoms with van der Waals surface area (Å²) in [6, 6.07) is 7.66. The van der Waals surface area contributed by atoms with Crippen LogP contribution in [0.25, 0.3) is 0 Å². The second-order valence-corrected chi connectivity index (χ2v) is 4.43. The Morgan fingerprint density at radius 3 is 2.33 bits per heavy atom. The van der Waals surface area contributed by atoms with Gasteiger partial charge in [0.25, 0.3) is 0 Å². The van der Waals surface area contributed by atoms with Crippen molar-refractivity contribution in [3.05, 3.63) is 46.2 Å². The van der Waals surface area contributed by atoms with Crippen molar-refractivity contribution < 1.29 is 9.47 Å². The first-order valence-corrected chi connectivity index (χ1v) is 6.20. The van der Waals surface area contributed by atoms with Crippen LogP contribution in [0.1, 0.15) is 17.2 Å². The number of methoxy groups -OCH3 is 2. The predicted molar refractivity (Wildman–Crippen MR) is 77.1 cm³/mol. The van der Waals surface area contributed by atoms with Crippen molar-refractivity contribution in [1.82, 2.24) is 0 Å². The minimum atomic E-state index is -0.124. The number of ether oxygens (including phenoxy) is 2. The molecule has 18 heavy (non-hydrogen) atoms. The van der Waals surface area contributed by atoms with Crippen LogP contribution in [0.15, 0.2) is 35.0 Å². The summed E-state index contributed by atoms with van der Waals surface area (Å²) in [5, 5.41) is 4.08. The molecule has 1 heterocycles. The third-order valence-corrected chi connectivity index (χ3v) is 3.37. The summed E-state index contributed by atoms with van der Waals surface area (Å²) >= 11 is 1.64. The average molecular weight is 286 g/mol. The highest BCUT2D eigenvalue weighted by Crippen LogP contribution is 2.31. The standard InChI is InChI=1S/C13H15NO2S.ClH/c1-15-11-4-3-9(7-12(11)16-2)13(14)10-5-6-17-8-10;/h3-8,13H,14H2,1-2H3;1H/t13-;/m0./s1. The molecule has 0 spiro atoms. The van der Waals surface area contributed by atoms with Crippen molar-refractivity contribution in [3.63, 3.8) is 0 Å². The molecule has 0 aliphatic heterocycles. The van der Waals surface area contributed by atoms with Gasteiger partial charge in [0.15, 0.2) is 11.5 Å². The monoisotopic (exact) mass is 285 g/mol. The van der Waals surface area contributed by atoms with Crippen molar-refractivity contribution in [1.29, 1.82) is 0 Å². The van der Waals surface area contributed by atoms with Gasteiger partial charge in [0.2, 0.25) is 0 Å². The number of nitrogens with two attached hydrogens (primary N) is 1. The molecule has 0 saturated heterocycles. The molecule has 98 valence electrons. The highest BCUT2D eigenvalue weighted by atomic mass is 35.5. The maximum atomic E-state index is 6.19. The number of thiophene rings is 1. The summed E-state index contributed by atoms with van der Waals surface area (Å²) < 4.78 is 10.5. The molecule has 3 nitrogen and oxygen atoms in total. The minimum Gasteiger partial charge on any atom is -0.493 e. The molecule has 2 aromatic rings. The Bertz CT molecular complexity index is 488. The number of halogens is 1. The third-order valence-electron chi connectivity index (χ3n) is 2.67. The van der Waals surface area contributed by atoms with Crippen molar-refractivity contribution in [2.24, 2.45) is 5.73 Å². The van der Waals surface area contributed by atoms with Gasteiger partial charge in [-0.1, -0.05) is 6.07 Å². The first-order valence-electron chi connectivity index (χ1n) is 5.26. The van der Waals surface area contributed by atoms with E-state index in [2.05, 4.69) is 5.38 Å². The fourth-order valence-corrected chi connectivity index (χ4v) is 2.39. The highest BCUT2D eigenvalue weighted by molar-refractivity contribution is 7.08. The zero-order valence-corrected chi connectivity index (χ0v) is 11.9. The molecular formula is C13H16ClNO2S. The van der Waals surface area contributed by atoms with E-state index in [-0.39, 0.29) is 18.4 Å². The van der Waals surface area contributed by atoms with Crippen LogP contribution in [0.5, 0.6) is 11.5 Å². The number of rotatable bonds is 4. The molecule has 0 amide bonds. The Kier molecular flexibility index (Phi) is 5.47. The molecule has 0 bridgehead atoms. The van der Waals surface area contributed by atoms with Gasteiger partial charge in [-0.15, -0.1) is 12.4 Å². The maximum absolute atomic E-state index is 6.19. The third kappa shape index (κ3) is 2.96. The predicted octanol–water partition coefficient (Wildman–Crippen LogP) is 3.24. The van der Waals surface area contributed by atoms with Gasteiger partial charge in [0.1, 0.15) is 0 Å². The van der Waals surface area contributed by atoms with Gasteiger partial charge in [-0.2, -0.15) is 11.3 Å². The lowest BCUT2D eigenvalue weighted by molar-refractivity contribution is 0.354. The van der Waals surface area contributed by atoms with Gasteiger partial charge < -0.3 is 15.2 Å². The Labute approximate surface area is 117 Å². The van der Waals surface area contributed by atoms with Crippen LogP contribution in [-0.2, 0) is 0 Å². The zero-order chi connectivity index (χ0) is 12.3. The molecule has 5 heteroatoms. The molecule has 0 radical (unpaired) electrons. The van der Waals surface area contributed by atoms with Gasteiger partial charge in [-0.3, -0.25) is 0 Å². The second-order valence-electron chi connectivity index (χ2n) is 3.65. The number of hydrogen-bond donors (Lipinski definition) is 1. The average Bonchev–Trinajstić information content (AvgIpc) is 2.90. The van der Waals surface area contributed by atoms with Gasteiger partial charge in [0.05, 0.1) is 20.3 Å². The van der Waals surface area contributed by atoms with E-state index in [1.807, 2.05) is 29.6 Å². The van der Waals surface area contributed by atoms with E-state index in [0.29, 0.717) is 11.5 Å². The summed E-state index contributed by atoms with van der Waals surface area (Å²) in [5.74, 6) is 1.42. The lowest BCUT2D eigenvalue weighted by Gasteiger charge is -2.14. The summed E-state index contributed by atoms with van der Waals surface area (Å²) in [6.07, 6.45) is 0. The number of benzene rings is 1. The Morgan fingerprint density at radius 1 is 1.06 bits per heavy atom. The van der Waals surface area contributed by atoms with Crippen LogP contribution in [-0.4, -0.2) is 14.2 Å². The summed E-state index contributed by atoms with van der Waals surface area (Å²) in [5.41, 5.74) is 8.31. The van der Waals surface area contributed by atoms with E-state index < -0.39 is 0 Å². The molecule has 0 saturated carbocycles. The molecule has 0 fully saturated rings. The fraction of sp³-hybridized carbons (Fsp3) is 0.231. The van der Waals surface area contributed by atoms with Gasteiger partial charge in [-0.25, -0.2) is 0 Å². The van der Waals surface area contributed by atoms with Crippen LogP contribution >= 0.6 is 23.7 Å². The van der Waals surface area contributed by atoms with Crippen LogP contribution in [0.3, 0.4) is 0 Å². The Hall–Kier alpha value is -1.23. The zero-order valence-electron chi connectivity index (χ0n) is 10.3. The maximum Gasteiger partial charge on any atom is 0.161 e. The summed E-state index contributed by atoms with van der Waals surface area (Å²) in [6.45, 7) is 0. The smallest absolute Gasteiger partial charge is 0.161 e. The fourth-order valence-electron chi connectivity index (χ4n) is 1.69. The lowest BCUT2D eigenvalue weighted by atomic mass is 10.0. The first-order chi connectivity index (χ1) is 8.26. The molecule has 2 N–H and O–H groups in total. The van der Waals surface area contributed by atoms with Crippen molar-refractivity contribution in [2.75, 3.05) is 14.2 Å². The molecule has 1 aromatic carbocycles. The van der Waals surface area contributed by atoms with E-state index in [4.69, 9.17) is 15.2 Å². The van der Waals surface area contributed by atoms with Crippen LogP contribution in [0.4, 0.5) is 0 Å². The molecule has 0 aliphatic carbocycles. The molecule has 2 rings (SSSR count). The van der Waals surface area contributed by atoms with Gasteiger partial charge in [-0.05, 0) is 40.1 Å². The van der Waals surface area contributed by atoms with E-state index >= 15 is 0 Å². The van der Waals surface area contributed by atoms with E-state index in [1.165, 1.54) is 0 Å². The summed E-state index contributed by atoms with van der Waals surface area (Å²) in [4.78, 5) is 0. The molecule has 1 aromatic heterocycles. The molecule has 0 aliphatic rings. The van der Waals surface area contributed by atoms with Crippen molar-refractivity contribution >= 4 is 23.7 Å². The molecule has 0 unspecified atom stereocenters. The van der Waals surface area contributed by atoms with Crippen molar-refractivity contribution in [3.8, 4) is 11.5 Å². The van der Waals surface area contributed by atoms with E-state index in [0.717, 1.165) is 11.1 Å². The van der Waals surface area contributed by atoms with Crippen molar-refractivity contribution in [2.45, 2.75) is 6.04 Å². The molecular weight excluding hydrogens is 270 g/mol. The van der Waals surface area contributed by atoms with E-state index in [1.54, 1.807) is 25.6 Å². The molecule has 1 atom stereocenters. The minimum absolute atomic E-state index is 0. The highest BCUT2D eigenvalue weighted by Gasteiger charge is 2.12. The largest absolute Gasteiger partial charge is 0.493 e. The van der Waals surface area contributed by atoms with Gasteiger partial charge in [0, 0.05) is 0 Å². The lowest BCUT2D eigenvalue weighted by Crippen LogP contribution is -2.11. The normalized spacial score (nSPS) is 11.5. The first kappa shape index (κ1) is 14.8. The Morgan fingerprint density at radius 2 is 1.78 bits per heavy atom. The topological polar surface area (TPSA) is 44.5 Å². The van der Waals surface area contributed by atoms with Crippen LogP contribution < -0.4 is 15.2 Å². The number of hydrogen-bond acceptors (Lipinski definition) is 4. The second kappa shape index (κ2) is 6.64. The van der Waals surface area contributed by atoms with Crippen LogP contribution in [0.2, 0.25) is 0 Å².